The third-order valence-corrected chi connectivity index (χ3v) is 20.2. The maximum absolute atomic E-state index is 13.0. The Labute approximate surface area is 661 Å². The van der Waals surface area contributed by atoms with E-state index in [0.717, 1.165) is 0 Å². The molecule has 2 heterocycles. The van der Waals surface area contributed by atoms with Crippen molar-refractivity contribution in [2.75, 3.05) is 75.9 Å². The summed E-state index contributed by atoms with van der Waals surface area (Å²) in [4.78, 5) is 143. The fraction of sp³-hybridized carbons (Fsp3) is 0.797. The van der Waals surface area contributed by atoms with Crippen LogP contribution in [0.15, 0.2) is 24.8 Å². The maximum atomic E-state index is 13.0. The number of thioether (sulfide) groups is 1. The first-order valence-corrected chi connectivity index (χ1v) is 39.9. The summed E-state index contributed by atoms with van der Waals surface area (Å²) in [5.41, 5.74) is -7.32. The fourth-order valence-electron chi connectivity index (χ4n) is 11.4. The molecule has 0 aromatic rings. The van der Waals surface area contributed by atoms with Crippen molar-refractivity contribution in [3.63, 3.8) is 0 Å². The molecule has 0 aliphatic carbocycles. The van der Waals surface area contributed by atoms with Crippen molar-refractivity contribution in [2.24, 2.45) is 32.5 Å². The predicted octanol–water partition coefficient (Wildman–Crippen LogP) is 6.57. The minimum atomic E-state index is -1.58. The molecule has 31 heteroatoms. The lowest BCUT2D eigenvalue weighted by Crippen LogP contribution is -2.52. The van der Waals surface area contributed by atoms with Crippen molar-refractivity contribution in [1.29, 1.82) is 0 Å². The van der Waals surface area contributed by atoms with E-state index in [1.807, 2.05) is 41.5 Å². The van der Waals surface area contributed by atoms with Gasteiger partial charge < -0.3 is 80.3 Å². The number of rotatable bonds is 47. The number of carbonyl (C=O) groups is 12. The largest absolute Gasteiger partial charge is 0.462 e. The van der Waals surface area contributed by atoms with E-state index in [0.29, 0.717) is 57.5 Å². The van der Waals surface area contributed by atoms with Crippen molar-refractivity contribution in [3.05, 3.63) is 24.8 Å². The van der Waals surface area contributed by atoms with Crippen LogP contribution in [0, 0.1) is 32.5 Å². The number of hydrogen-bond donors (Lipinski definition) is 10. The monoisotopic (exact) mass is 1610 g/mol. The Bertz CT molecular complexity index is 3050. The van der Waals surface area contributed by atoms with Crippen LogP contribution in [0.4, 0.5) is 0 Å². The molecule has 2 aliphatic heterocycles. The van der Waals surface area contributed by atoms with E-state index in [-0.39, 0.29) is 152 Å². The third-order valence-electron chi connectivity index (χ3n) is 17.5. The summed E-state index contributed by atoms with van der Waals surface area (Å²) in [6, 6.07) is 0. The SMILES string of the molecule is C=C(C)C(=O)OCC1CO1.C=CC(=O)NC(C)(C)CC(C)=O.CCC(C)(CC(C)(C)C(=O)OCC(O)CS(=O)CC(O)CO)C(=O)NC(C)(C)CC(C)=O.CCC(C)(CC(C)(C)C(=O)OCC(O)CSCC(O)CO)C(=O)NC(C)(C)CC(C)=O.CCC(C)(CC(C)(C)C(=O)OCC1CO1)C(=O)NC(C)(C)CC(C)=O. The Morgan fingerprint density at radius 1 is 0.464 bits per heavy atom. The van der Waals surface area contributed by atoms with Crippen LogP contribution in [0.3, 0.4) is 0 Å². The van der Waals surface area contributed by atoms with Crippen LogP contribution in [-0.4, -0.2) is 240 Å². The van der Waals surface area contributed by atoms with Crippen molar-refractivity contribution in [1.82, 2.24) is 21.3 Å². The summed E-state index contributed by atoms with van der Waals surface area (Å²) < 4.78 is 42.3. The Morgan fingerprint density at radius 2 is 0.745 bits per heavy atom. The number of nitrogens with one attached hydrogen (secondary N) is 4. The number of aliphatic hydroxyl groups excluding tert-OH is 6. The molecule has 2 aliphatic rings. The lowest BCUT2D eigenvalue weighted by Gasteiger charge is -2.37. The van der Waals surface area contributed by atoms with Gasteiger partial charge in [0.1, 0.15) is 61.8 Å². The van der Waals surface area contributed by atoms with Crippen molar-refractivity contribution < 1.29 is 121 Å². The van der Waals surface area contributed by atoms with Gasteiger partial charge >= 0.3 is 23.9 Å². The van der Waals surface area contributed by atoms with Gasteiger partial charge in [-0.25, -0.2) is 4.79 Å². The Morgan fingerprint density at radius 3 is 1.03 bits per heavy atom. The summed E-state index contributed by atoms with van der Waals surface area (Å²) in [5, 5.41) is 67.6. The molecular formula is C79H140N4O25S2. The smallest absolute Gasteiger partial charge is 0.333 e. The molecule has 0 saturated carbocycles. The molecule has 0 radical (unpaired) electrons. The number of epoxide rings is 2. The van der Waals surface area contributed by atoms with E-state index in [4.69, 9.17) is 38.6 Å². The van der Waals surface area contributed by atoms with Gasteiger partial charge in [-0.3, -0.25) is 56.9 Å². The number of esters is 4. The molecule has 0 aromatic heterocycles. The van der Waals surface area contributed by atoms with Crippen LogP contribution < -0.4 is 21.3 Å². The van der Waals surface area contributed by atoms with Crippen LogP contribution >= 0.6 is 11.8 Å². The Hall–Kier alpha value is -5.90. The predicted molar refractivity (Wildman–Crippen MR) is 422 cm³/mol. The highest BCUT2D eigenvalue weighted by Crippen LogP contribution is 2.41. The first kappa shape index (κ1) is 108. The van der Waals surface area contributed by atoms with Gasteiger partial charge in [0.2, 0.25) is 23.6 Å². The van der Waals surface area contributed by atoms with E-state index < -0.39 is 108 Å². The molecule has 10 N–H and O–H groups in total. The standard InChI is InChI=1S/C22H41NO8S.C22H41NO7S.C19H33NO5.C9H15NO2.C7H10O3/c1-8-22(7,18(28)23-21(5,6)9-15(2)25)14-20(3,4)19(29)31-11-17(27)13-32(30)12-16(26)10-24;1-8-22(7,18(28)23-21(5,6)9-15(2)25)14-20(3,4)19(29)30-11-17(27)13-31-12-16(26)10-24;1-8-19(7,15(22)20-18(5,6)9-13(2)21)12-17(3,4)16(23)25-11-14-10-24-14;1-5-8(12)10-9(3,4)6-7(2)11;1-5(2)7(8)10-4-6-3-9-6/h16-17,24,26-27H,8-14H2,1-7H3,(H,23,28);16-17,24,26-27H,8-14H2,1-7H3,(H,23,28);14H,8-12H2,1-7H3,(H,20,22);5H,1,6H2,2-4H3,(H,10,12);6H,1,3-4H2,2H3. The number of hydrogen-bond acceptors (Lipinski definition) is 26. The molecule has 2 rings (SSSR count). The molecule has 0 bridgehead atoms. The molecule has 110 heavy (non-hydrogen) atoms. The van der Waals surface area contributed by atoms with Gasteiger partial charge in [-0.1, -0.05) is 54.7 Å². The highest BCUT2D eigenvalue weighted by molar-refractivity contribution is 7.99. The molecule has 10 unspecified atom stereocenters. The minimum Gasteiger partial charge on any atom is -0.462 e. The van der Waals surface area contributed by atoms with Gasteiger partial charge in [0.25, 0.3) is 0 Å². The van der Waals surface area contributed by atoms with Gasteiger partial charge in [0.15, 0.2) is 0 Å². The number of ketones is 4. The normalized spacial score (nSPS) is 17.2. The number of Topliss-reactive ketones (excluding diaryl/α,β-unsaturated/α-hetero) is 4. The van der Waals surface area contributed by atoms with E-state index >= 15 is 0 Å². The average molecular weight is 1610 g/mol. The zero-order valence-corrected chi connectivity index (χ0v) is 72.4. The van der Waals surface area contributed by atoms with Crippen LogP contribution in [0.2, 0.25) is 0 Å². The van der Waals surface area contributed by atoms with Crippen molar-refractivity contribution in [3.8, 4) is 0 Å². The van der Waals surface area contributed by atoms with Gasteiger partial charge in [0, 0.05) is 92.0 Å². The van der Waals surface area contributed by atoms with Crippen LogP contribution in [0.1, 0.15) is 237 Å². The van der Waals surface area contributed by atoms with Crippen molar-refractivity contribution in [2.45, 2.75) is 296 Å². The van der Waals surface area contributed by atoms with Gasteiger partial charge in [-0.15, -0.1) is 0 Å². The lowest BCUT2D eigenvalue weighted by molar-refractivity contribution is -0.160. The highest BCUT2D eigenvalue weighted by Gasteiger charge is 2.47. The van der Waals surface area contributed by atoms with Crippen LogP contribution in [0.5, 0.6) is 0 Å². The molecule has 29 nitrogen and oxygen atoms in total. The second-order valence-electron chi connectivity index (χ2n) is 34.4. The maximum Gasteiger partial charge on any atom is 0.333 e. The Kier molecular flexibility index (Phi) is 48.2. The quantitative estimate of drug-likeness (QED) is 0.0133. The second kappa shape index (κ2) is 49.0. The zero-order chi connectivity index (χ0) is 86.6. The summed E-state index contributed by atoms with van der Waals surface area (Å²) in [7, 11) is -1.58. The average Bonchev–Trinajstić information content (AvgIpc) is 1.79. The van der Waals surface area contributed by atoms with E-state index in [9.17, 15) is 82.2 Å². The number of ether oxygens (including phenoxy) is 6. The molecular weight excluding hydrogens is 1470 g/mol. The molecule has 0 spiro atoms. The summed E-state index contributed by atoms with van der Waals surface area (Å²) in [5.74, 6) is -2.48. The minimum absolute atomic E-state index is 0.0185. The highest BCUT2D eigenvalue weighted by atomic mass is 32.2. The number of aliphatic hydroxyl groups is 6. The molecule has 2 fully saturated rings. The first-order chi connectivity index (χ1) is 49.9. The molecule has 4 amide bonds. The van der Waals surface area contributed by atoms with Crippen molar-refractivity contribution >= 4 is 93.2 Å². The zero-order valence-electron chi connectivity index (χ0n) is 70.8. The summed E-state index contributed by atoms with van der Waals surface area (Å²) >= 11 is 1.25. The fourth-order valence-corrected chi connectivity index (χ4v) is 13.5. The molecule has 2 saturated heterocycles. The van der Waals surface area contributed by atoms with E-state index in [2.05, 4.69) is 34.4 Å². The molecule has 638 valence electrons. The van der Waals surface area contributed by atoms with Crippen LogP contribution in [-0.2, 0) is 96.8 Å². The number of amides is 4. The Balaban J connectivity index is -0.00000137. The third kappa shape index (κ3) is 48.2. The van der Waals surface area contributed by atoms with Gasteiger partial charge in [-0.2, -0.15) is 11.8 Å². The summed E-state index contributed by atoms with van der Waals surface area (Å²) in [6.07, 6.45) is 0.633. The van der Waals surface area contributed by atoms with Gasteiger partial charge in [-0.05, 0) is 176 Å². The van der Waals surface area contributed by atoms with E-state index in [1.54, 1.807) is 104 Å². The van der Waals surface area contributed by atoms with Gasteiger partial charge in [0.05, 0.1) is 78.6 Å². The summed E-state index contributed by atoms with van der Waals surface area (Å²) in [6.45, 7) is 50.6. The van der Waals surface area contributed by atoms with Crippen LogP contribution in [0.25, 0.3) is 0 Å². The second-order valence-corrected chi connectivity index (χ2v) is 37.0. The van der Waals surface area contributed by atoms with E-state index in [1.165, 1.54) is 45.5 Å². The molecule has 0 aromatic carbocycles. The molecule has 10 atom stereocenters. The lowest BCUT2D eigenvalue weighted by atomic mass is 9.71. The first-order valence-electron chi connectivity index (χ1n) is 37.3. The number of carbonyl (C=O) groups excluding carboxylic acids is 12. The topological polar surface area (TPSA) is 453 Å².